The second kappa shape index (κ2) is 11.9. The van der Waals surface area contributed by atoms with Gasteiger partial charge >= 0.3 is 12.3 Å². The van der Waals surface area contributed by atoms with Gasteiger partial charge in [0.25, 0.3) is 0 Å². The Morgan fingerprint density at radius 3 is 1.95 bits per heavy atom. The van der Waals surface area contributed by atoms with E-state index in [1.54, 1.807) is 32.9 Å². The highest BCUT2D eigenvalue weighted by molar-refractivity contribution is 7.91. The van der Waals surface area contributed by atoms with Crippen LogP contribution >= 0.6 is 0 Å². The maximum Gasteiger partial charge on any atom is 0.416 e. The molecule has 3 rings (SSSR count). The summed E-state index contributed by atoms with van der Waals surface area (Å²) >= 11 is 0. The summed E-state index contributed by atoms with van der Waals surface area (Å²) in [5.41, 5.74) is 0.226. The van der Waals surface area contributed by atoms with E-state index < -0.39 is 33.3 Å². The topological polar surface area (TPSA) is 102 Å². The Morgan fingerprint density at radius 2 is 1.36 bits per heavy atom. The summed E-state index contributed by atoms with van der Waals surface area (Å²) in [6, 6.07) is 16.5. The summed E-state index contributed by atoms with van der Waals surface area (Å²) in [7, 11) is -3.86. The van der Waals surface area contributed by atoms with E-state index in [-0.39, 0.29) is 35.2 Å². The third kappa shape index (κ3) is 8.85. The molecule has 0 atom stereocenters. The fourth-order valence-electron chi connectivity index (χ4n) is 3.49. The highest BCUT2D eigenvalue weighted by atomic mass is 32.2. The Balaban J connectivity index is 1.58. The predicted molar refractivity (Wildman–Crippen MR) is 138 cm³/mol. The summed E-state index contributed by atoms with van der Waals surface area (Å²) in [5.74, 6) is -0.365. The average molecular weight is 563 g/mol. The van der Waals surface area contributed by atoms with Crippen molar-refractivity contribution < 1.29 is 35.9 Å². The third-order valence-electron chi connectivity index (χ3n) is 5.41. The molecule has 7 nitrogen and oxygen atoms in total. The molecule has 2 amide bonds. The first-order valence-corrected chi connectivity index (χ1v) is 13.4. The van der Waals surface area contributed by atoms with Crippen molar-refractivity contribution in [2.24, 2.45) is 0 Å². The minimum absolute atomic E-state index is 0.0349. The van der Waals surface area contributed by atoms with Gasteiger partial charge in [-0.15, -0.1) is 0 Å². The Morgan fingerprint density at radius 1 is 0.769 bits per heavy atom. The normalized spacial score (nSPS) is 12.1. The first-order chi connectivity index (χ1) is 18.1. The second-order valence-corrected chi connectivity index (χ2v) is 11.7. The smallest absolute Gasteiger partial charge is 0.416 e. The van der Waals surface area contributed by atoms with Gasteiger partial charge in [0.1, 0.15) is 5.60 Å². The fraction of sp³-hybridized carbons (Fsp3) is 0.286. The van der Waals surface area contributed by atoms with Gasteiger partial charge in [0, 0.05) is 13.1 Å². The number of benzene rings is 3. The van der Waals surface area contributed by atoms with Crippen molar-refractivity contribution in [1.29, 1.82) is 0 Å². The van der Waals surface area contributed by atoms with Gasteiger partial charge in [0.05, 0.1) is 21.8 Å². The number of alkyl carbamates (subject to hydrolysis) is 1. The molecule has 2 N–H and O–H groups in total. The molecule has 0 radical (unpaired) electrons. The lowest BCUT2D eigenvalue weighted by Crippen LogP contribution is -2.32. The van der Waals surface area contributed by atoms with E-state index in [1.165, 1.54) is 48.5 Å². The lowest BCUT2D eigenvalue weighted by atomic mass is 10.1. The summed E-state index contributed by atoms with van der Waals surface area (Å²) in [6.45, 7) is 5.35. The number of ether oxygens (including phenoxy) is 1. The van der Waals surface area contributed by atoms with Crippen molar-refractivity contribution in [2.45, 2.75) is 61.8 Å². The van der Waals surface area contributed by atoms with E-state index in [9.17, 15) is 31.2 Å². The molecule has 3 aromatic carbocycles. The zero-order chi connectivity index (χ0) is 28.8. The number of sulfone groups is 1. The number of rotatable bonds is 8. The molecule has 11 heteroatoms. The largest absolute Gasteiger partial charge is 0.444 e. The molecule has 0 unspecified atom stereocenters. The van der Waals surface area contributed by atoms with Crippen LogP contribution in [-0.2, 0) is 45.1 Å². The number of hydrogen-bond acceptors (Lipinski definition) is 5. The predicted octanol–water partition coefficient (Wildman–Crippen LogP) is 5.42. The Hall–Kier alpha value is -3.86. The SMILES string of the molecule is CC(C)(C)OC(=O)NCc1cccc(S(=O)(=O)c2ccc(CC(=O)NCc3ccc(C(F)(F)F)cc3)cc2)c1. The van der Waals surface area contributed by atoms with E-state index in [1.807, 2.05) is 0 Å². The van der Waals surface area contributed by atoms with Crippen LogP contribution in [0, 0.1) is 0 Å². The highest BCUT2D eigenvalue weighted by Gasteiger charge is 2.30. The van der Waals surface area contributed by atoms with Crippen LogP contribution in [0.15, 0.2) is 82.6 Å². The monoisotopic (exact) mass is 562 g/mol. The van der Waals surface area contributed by atoms with E-state index >= 15 is 0 Å². The summed E-state index contributed by atoms with van der Waals surface area (Å²) < 4.78 is 69.5. The molecule has 39 heavy (non-hydrogen) atoms. The zero-order valence-electron chi connectivity index (χ0n) is 21.6. The molecule has 0 aliphatic carbocycles. The molecule has 0 fully saturated rings. The Kier molecular flexibility index (Phi) is 9.06. The van der Waals surface area contributed by atoms with Crippen LogP contribution in [0.4, 0.5) is 18.0 Å². The lowest BCUT2D eigenvalue weighted by Gasteiger charge is -2.19. The fourth-order valence-corrected chi connectivity index (χ4v) is 4.82. The Labute approximate surface area is 225 Å². The first-order valence-electron chi connectivity index (χ1n) is 12.0. The number of nitrogens with one attached hydrogen (secondary N) is 2. The van der Waals surface area contributed by atoms with Crippen molar-refractivity contribution in [1.82, 2.24) is 10.6 Å². The molecule has 208 valence electrons. The molecular weight excluding hydrogens is 533 g/mol. The zero-order valence-corrected chi connectivity index (χ0v) is 22.4. The van der Waals surface area contributed by atoms with Gasteiger partial charge < -0.3 is 15.4 Å². The molecule has 0 saturated carbocycles. The molecule has 0 aliphatic rings. The number of carbonyl (C=O) groups excluding carboxylic acids is 2. The van der Waals surface area contributed by atoms with Gasteiger partial charge in [-0.25, -0.2) is 13.2 Å². The number of amides is 2. The molecule has 3 aromatic rings. The van der Waals surface area contributed by atoms with Gasteiger partial charge in [0.15, 0.2) is 0 Å². The highest BCUT2D eigenvalue weighted by Crippen LogP contribution is 2.29. The number of hydrogen-bond donors (Lipinski definition) is 2. The van der Waals surface area contributed by atoms with Crippen LogP contribution in [0.5, 0.6) is 0 Å². The third-order valence-corrected chi connectivity index (χ3v) is 7.18. The standard InChI is InChI=1S/C28H29F3N2O5S/c1-27(2,3)38-26(35)33-18-21-5-4-6-24(15-21)39(36,37)23-13-9-19(10-14-23)16-25(34)32-17-20-7-11-22(12-8-20)28(29,30)31/h4-15H,16-18H2,1-3H3,(H,32,34)(H,33,35). The molecule has 0 bridgehead atoms. The van der Waals surface area contributed by atoms with Crippen LogP contribution in [-0.4, -0.2) is 26.0 Å². The molecule has 0 aliphatic heterocycles. The minimum atomic E-state index is -4.43. The minimum Gasteiger partial charge on any atom is -0.444 e. The van der Waals surface area contributed by atoms with Gasteiger partial charge in [-0.1, -0.05) is 36.4 Å². The molecule has 0 aromatic heterocycles. The lowest BCUT2D eigenvalue weighted by molar-refractivity contribution is -0.137. The van der Waals surface area contributed by atoms with Crippen molar-refractivity contribution in [3.63, 3.8) is 0 Å². The van der Waals surface area contributed by atoms with E-state index in [0.29, 0.717) is 16.7 Å². The van der Waals surface area contributed by atoms with Crippen molar-refractivity contribution in [2.75, 3.05) is 0 Å². The maximum atomic E-state index is 13.1. The van der Waals surface area contributed by atoms with E-state index in [4.69, 9.17) is 4.74 Å². The van der Waals surface area contributed by atoms with Crippen LogP contribution < -0.4 is 10.6 Å². The first kappa shape index (κ1) is 29.7. The number of halogens is 3. The molecule has 0 saturated heterocycles. The van der Waals surface area contributed by atoms with Crippen molar-refractivity contribution >= 4 is 21.8 Å². The van der Waals surface area contributed by atoms with Crippen LogP contribution in [0.1, 0.15) is 43.0 Å². The maximum absolute atomic E-state index is 13.1. The molecule has 0 spiro atoms. The quantitative estimate of drug-likeness (QED) is 0.382. The molecule has 0 heterocycles. The van der Waals surface area contributed by atoms with E-state index in [0.717, 1.165) is 12.1 Å². The number of carbonyl (C=O) groups is 2. The number of alkyl halides is 3. The molecular formula is C28H29F3N2O5S. The van der Waals surface area contributed by atoms with Crippen molar-refractivity contribution in [3.8, 4) is 0 Å². The van der Waals surface area contributed by atoms with Crippen LogP contribution in [0.2, 0.25) is 0 Å². The van der Waals surface area contributed by atoms with Crippen LogP contribution in [0.25, 0.3) is 0 Å². The second-order valence-electron chi connectivity index (χ2n) is 9.80. The summed E-state index contributed by atoms with van der Waals surface area (Å²) in [4.78, 5) is 24.3. The van der Waals surface area contributed by atoms with Gasteiger partial charge in [-0.3, -0.25) is 4.79 Å². The van der Waals surface area contributed by atoms with Gasteiger partial charge in [-0.05, 0) is 73.9 Å². The van der Waals surface area contributed by atoms with Gasteiger partial charge in [-0.2, -0.15) is 13.2 Å². The summed E-state index contributed by atoms with van der Waals surface area (Å²) in [5, 5.41) is 5.23. The average Bonchev–Trinajstić information content (AvgIpc) is 2.85. The van der Waals surface area contributed by atoms with Gasteiger partial charge in [0.2, 0.25) is 15.7 Å². The summed E-state index contributed by atoms with van der Waals surface area (Å²) in [6.07, 6.45) is -5.08. The van der Waals surface area contributed by atoms with E-state index in [2.05, 4.69) is 10.6 Å². The van der Waals surface area contributed by atoms with Crippen LogP contribution in [0.3, 0.4) is 0 Å². The van der Waals surface area contributed by atoms with Crippen molar-refractivity contribution in [3.05, 3.63) is 95.1 Å². The Bertz CT molecular complexity index is 1410.